The van der Waals surface area contributed by atoms with Crippen molar-refractivity contribution in [1.82, 2.24) is 9.97 Å². The molecule has 0 radical (unpaired) electrons. The van der Waals surface area contributed by atoms with Gasteiger partial charge in [0.25, 0.3) is 0 Å². The van der Waals surface area contributed by atoms with E-state index in [1.54, 1.807) is 0 Å². The fourth-order valence-corrected chi connectivity index (χ4v) is 3.63. The van der Waals surface area contributed by atoms with Gasteiger partial charge in [-0.05, 0) is 29.7 Å². The summed E-state index contributed by atoms with van der Waals surface area (Å²) in [6.45, 7) is 0. The smallest absolute Gasteiger partial charge is 0.314 e. The summed E-state index contributed by atoms with van der Waals surface area (Å²) in [5.41, 5.74) is 0.937. The number of hydrogen-bond donors (Lipinski definition) is 2. The summed E-state index contributed by atoms with van der Waals surface area (Å²) in [6.07, 6.45) is 6.21. The molecular formula is C12H14N2O2S. The standard InChI is InChI=1S/C12H14N2O2S/c15-10-11(16)14-12-9(13-10)8(6-17-12)7-4-2-1-3-5-7/h6-7H,1-5H2,(H,13,15)(H,14,16). The molecule has 0 atom stereocenters. The highest BCUT2D eigenvalue weighted by Gasteiger charge is 2.19. The first-order valence-electron chi connectivity index (χ1n) is 5.99. The van der Waals surface area contributed by atoms with Gasteiger partial charge >= 0.3 is 11.1 Å². The van der Waals surface area contributed by atoms with Gasteiger partial charge in [-0.1, -0.05) is 19.3 Å². The van der Waals surface area contributed by atoms with E-state index in [2.05, 4.69) is 15.3 Å². The number of aromatic nitrogens is 2. The van der Waals surface area contributed by atoms with E-state index in [1.165, 1.54) is 49.0 Å². The highest BCUT2D eigenvalue weighted by molar-refractivity contribution is 7.16. The van der Waals surface area contributed by atoms with Crippen molar-refractivity contribution < 1.29 is 0 Å². The molecule has 0 bridgehead atoms. The SMILES string of the molecule is O=c1[nH]c2scc(C3CCCCC3)c2[nH]c1=O. The molecule has 0 aliphatic heterocycles. The lowest BCUT2D eigenvalue weighted by Gasteiger charge is -2.20. The molecule has 2 N–H and O–H groups in total. The van der Waals surface area contributed by atoms with Crippen LogP contribution in [0.1, 0.15) is 43.6 Å². The van der Waals surface area contributed by atoms with E-state index >= 15 is 0 Å². The number of fused-ring (bicyclic) bond motifs is 1. The molecule has 4 nitrogen and oxygen atoms in total. The summed E-state index contributed by atoms with van der Waals surface area (Å²) in [5.74, 6) is 0.541. The Bertz CT molecular complexity index is 646. The van der Waals surface area contributed by atoms with Crippen LogP contribution in [-0.2, 0) is 0 Å². The van der Waals surface area contributed by atoms with Crippen molar-refractivity contribution in [3.63, 3.8) is 0 Å². The van der Waals surface area contributed by atoms with Crippen LogP contribution in [-0.4, -0.2) is 9.97 Å². The van der Waals surface area contributed by atoms with Gasteiger partial charge in [0, 0.05) is 0 Å². The van der Waals surface area contributed by atoms with E-state index < -0.39 is 11.1 Å². The van der Waals surface area contributed by atoms with Crippen molar-refractivity contribution in [2.45, 2.75) is 38.0 Å². The van der Waals surface area contributed by atoms with Crippen molar-refractivity contribution >= 4 is 21.7 Å². The second-order valence-electron chi connectivity index (χ2n) is 4.64. The number of rotatable bonds is 1. The molecule has 1 fully saturated rings. The predicted molar refractivity (Wildman–Crippen MR) is 68.9 cm³/mol. The Labute approximate surface area is 102 Å². The molecule has 2 aromatic heterocycles. The van der Waals surface area contributed by atoms with Gasteiger partial charge in [0.05, 0.1) is 5.52 Å². The quantitative estimate of drug-likeness (QED) is 0.763. The third-order valence-electron chi connectivity index (χ3n) is 3.54. The van der Waals surface area contributed by atoms with Gasteiger partial charge in [-0.2, -0.15) is 0 Å². The molecule has 1 aliphatic carbocycles. The zero-order valence-electron chi connectivity index (χ0n) is 9.41. The molecule has 1 aliphatic rings. The summed E-state index contributed by atoms with van der Waals surface area (Å²) in [6, 6.07) is 0. The van der Waals surface area contributed by atoms with Crippen LogP contribution in [0.4, 0.5) is 0 Å². The first-order chi connectivity index (χ1) is 8.25. The lowest BCUT2D eigenvalue weighted by Crippen LogP contribution is -2.28. The van der Waals surface area contributed by atoms with Crippen LogP contribution in [0.25, 0.3) is 10.3 Å². The maximum absolute atomic E-state index is 11.4. The minimum absolute atomic E-state index is 0.541. The van der Waals surface area contributed by atoms with Crippen molar-refractivity contribution in [1.29, 1.82) is 0 Å². The third kappa shape index (κ3) is 1.84. The summed E-state index contributed by atoms with van der Waals surface area (Å²) in [5, 5.41) is 2.08. The van der Waals surface area contributed by atoms with Crippen molar-refractivity contribution in [3.8, 4) is 0 Å². The van der Waals surface area contributed by atoms with E-state index in [0.717, 1.165) is 10.3 Å². The van der Waals surface area contributed by atoms with Gasteiger partial charge in [-0.15, -0.1) is 11.3 Å². The van der Waals surface area contributed by atoms with Gasteiger partial charge in [-0.3, -0.25) is 9.59 Å². The Morgan fingerprint density at radius 2 is 1.76 bits per heavy atom. The van der Waals surface area contributed by atoms with E-state index in [-0.39, 0.29) is 0 Å². The van der Waals surface area contributed by atoms with Crippen molar-refractivity contribution in [3.05, 3.63) is 31.7 Å². The highest BCUT2D eigenvalue weighted by Crippen LogP contribution is 2.37. The first-order valence-corrected chi connectivity index (χ1v) is 6.87. The summed E-state index contributed by atoms with van der Waals surface area (Å²) in [7, 11) is 0. The molecule has 0 amide bonds. The fourth-order valence-electron chi connectivity index (χ4n) is 2.64. The van der Waals surface area contributed by atoms with Crippen LogP contribution >= 0.6 is 11.3 Å². The average molecular weight is 250 g/mol. The minimum atomic E-state index is -0.561. The van der Waals surface area contributed by atoms with E-state index in [1.807, 2.05) is 0 Å². The molecular weight excluding hydrogens is 236 g/mol. The van der Waals surface area contributed by atoms with Crippen LogP contribution in [0.3, 0.4) is 0 Å². The second-order valence-corrected chi connectivity index (χ2v) is 5.52. The minimum Gasteiger partial charge on any atom is -0.315 e. The van der Waals surface area contributed by atoms with Crippen LogP contribution in [0.15, 0.2) is 15.0 Å². The number of aromatic amines is 2. The van der Waals surface area contributed by atoms with Crippen LogP contribution < -0.4 is 11.1 Å². The van der Waals surface area contributed by atoms with Crippen LogP contribution in [0, 0.1) is 0 Å². The van der Waals surface area contributed by atoms with Gasteiger partial charge in [-0.25, -0.2) is 0 Å². The summed E-state index contributed by atoms with van der Waals surface area (Å²) < 4.78 is 0. The Kier molecular flexibility index (Phi) is 2.63. The van der Waals surface area contributed by atoms with Crippen molar-refractivity contribution in [2.24, 2.45) is 0 Å². The molecule has 17 heavy (non-hydrogen) atoms. The Balaban J connectivity index is 2.13. The lowest BCUT2D eigenvalue weighted by atomic mass is 9.85. The Hall–Kier alpha value is -1.36. The van der Waals surface area contributed by atoms with E-state index in [4.69, 9.17) is 0 Å². The molecule has 2 aromatic rings. The first kappa shape index (κ1) is 10.8. The number of nitrogens with one attached hydrogen (secondary N) is 2. The van der Waals surface area contributed by atoms with Gasteiger partial charge in [0.2, 0.25) is 0 Å². The third-order valence-corrected chi connectivity index (χ3v) is 4.45. The molecule has 5 heteroatoms. The topological polar surface area (TPSA) is 65.7 Å². The largest absolute Gasteiger partial charge is 0.315 e. The summed E-state index contributed by atoms with van der Waals surface area (Å²) >= 11 is 1.50. The number of thiophene rings is 1. The fraction of sp³-hybridized carbons (Fsp3) is 0.500. The van der Waals surface area contributed by atoms with Crippen LogP contribution in [0.5, 0.6) is 0 Å². The van der Waals surface area contributed by atoms with E-state index in [0.29, 0.717) is 5.92 Å². The van der Waals surface area contributed by atoms with Gasteiger partial charge in [0.1, 0.15) is 4.83 Å². The average Bonchev–Trinajstić information content (AvgIpc) is 2.74. The Morgan fingerprint density at radius 3 is 2.53 bits per heavy atom. The zero-order valence-corrected chi connectivity index (χ0v) is 10.2. The maximum atomic E-state index is 11.4. The lowest BCUT2D eigenvalue weighted by molar-refractivity contribution is 0.446. The van der Waals surface area contributed by atoms with E-state index in [9.17, 15) is 9.59 Å². The summed E-state index contributed by atoms with van der Waals surface area (Å²) in [4.78, 5) is 28.7. The highest BCUT2D eigenvalue weighted by atomic mass is 32.1. The normalized spacial score (nSPS) is 17.6. The molecule has 2 heterocycles. The van der Waals surface area contributed by atoms with Crippen molar-refractivity contribution in [2.75, 3.05) is 0 Å². The molecule has 1 saturated carbocycles. The molecule has 0 spiro atoms. The predicted octanol–water partition coefficient (Wildman–Crippen LogP) is 2.33. The molecule has 3 rings (SSSR count). The molecule has 0 saturated heterocycles. The monoisotopic (exact) mass is 250 g/mol. The molecule has 90 valence electrons. The Morgan fingerprint density at radius 1 is 1.06 bits per heavy atom. The molecule has 0 aromatic carbocycles. The second kappa shape index (κ2) is 4.14. The maximum Gasteiger partial charge on any atom is 0.314 e. The number of hydrogen-bond acceptors (Lipinski definition) is 3. The van der Waals surface area contributed by atoms with Gasteiger partial charge < -0.3 is 9.97 Å². The molecule has 0 unspecified atom stereocenters. The van der Waals surface area contributed by atoms with Gasteiger partial charge in [0.15, 0.2) is 0 Å². The zero-order chi connectivity index (χ0) is 11.8. The van der Waals surface area contributed by atoms with Crippen LogP contribution in [0.2, 0.25) is 0 Å². The number of H-pyrrole nitrogens is 2.